The van der Waals surface area contributed by atoms with Crippen LogP contribution >= 0.6 is 0 Å². The van der Waals surface area contributed by atoms with Crippen molar-refractivity contribution >= 4 is 0 Å². The zero-order chi connectivity index (χ0) is 16.9. The zero-order valence-corrected chi connectivity index (χ0v) is 16.8. The summed E-state index contributed by atoms with van der Waals surface area (Å²) in [5.74, 6) is 0.717. The number of methoxy groups -OCH3 is 1. The normalized spacial score (nSPS) is 25.2. The van der Waals surface area contributed by atoms with E-state index in [0.717, 1.165) is 11.5 Å². The van der Waals surface area contributed by atoms with Gasteiger partial charge in [-0.2, -0.15) is 4.98 Å². The van der Waals surface area contributed by atoms with E-state index in [-0.39, 0.29) is 47.2 Å². The molecule has 1 aromatic rings. The summed E-state index contributed by atoms with van der Waals surface area (Å²) in [6.07, 6.45) is -0.336. The van der Waals surface area contributed by atoms with Crippen molar-refractivity contribution < 1.29 is 28.0 Å². The summed E-state index contributed by atoms with van der Waals surface area (Å²) in [5.41, 5.74) is 1.09. The van der Waals surface area contributed by atoms with Crippen molar-refractivity contribution in [1.82, 2.24) is 9.55 Å². The summed E-state index contributed by atoms with van der Waals surface area (Å²) in [6, 6.07) is 0. The maximum atomic E-state index is 12.5. The fourth-order valence-electron chi connectivity index (χ4n) is 3.25. The number of rotatable bonds is 3. The van der Waals surface area contributed by atoms with E-state index in [0.29, 0.717) is 12.2 Å². The number of hydrogen-bond donors (Lipinski definition) is 0. The summed E-state index contributed by atoms with van der Waals surface area (Å²) in [5, 5.41) is 0. The second-order valence-corrected chi connectivity index (χ2v) is 7.43. The van der Waals surface area contributed by atoms with Gasteiger partial charge in [0, 0.05) is 49.2 Å². The van der Waals surface area contributed by atoms with Crippen LogP contribution in [0.2, 0.25) is 0 Å². The molecule has 0 saturated carbocycles. The average Bonchev–Trinajstić information content (AvgIpc) is 2.58. The molecule has 1 aliphatic rings. The first-order chi connectivity index (χ1) is 10.1. The van der Waals surface area contributed by atoms with Crippen molar-refractivity contribution in [2.45, 2.75) is 53.8 Å². The summed E-state index contributed by atoms with van der Waals surface area (Å²) in [6.45, 7) is 13.0. The summed E-state index contributed by atoms with van der Waals surface area (Å²) in [4.78, 5) is 16.7. The second kappa shape index (κ2) is 6.71. The van der Waals surface area contributed by atoms with E-state index in [1.165, 1.54) is 0 Å². The van der Waals surface area contributed by atoms with Gasteiger partial charge in [0.1, 0.15) is 5.82 Å². The van der Waals surface area contributed by atoms with E-state index in [1.54, 1.807) is 7.11 Å². The predicted molar refractivity (Wildman–Crippen MR) is 86.0 cm³/mol. The number of ether oxygens (including phenoxy) is 2. The summed E-state index contributed by atoms with van der Waals surface area (Å²) < 4.78 is 13.6. The van der Waals surface area contributed by atoms with Gasteiger partial charge in [-0.1, -0.05) is 27.7 Å². The van der Waals surface area contributed by atoms with Gasteiger partial charge in [0.15, 0.2) is 0 Å². The van der Waals surface area contributed by atoms with Gasteiger partial charge in [0.2, 0.25) is 0 Å². The minimum absolute atomic E-state index is 0. The molecule has 1 saturated heterocycles. The first kappa shape index (κ1) is 20.4. The summed E-state index contributed by atoms with van der Waals surface area (Å²) >= 11 is 0. The second-order valence-electron chi connectivity index (χ2n) is 7.43. The Balaban J connectivity index is 0.00000264. The monoisotopic (exact) mass is 359 g/mol. The molecular formula is C17H28N2O3V. The molecule has 0 aliphatic carbocycles. The third kappa shape index (κ3) is 3.04. The molecule has 0 N–H and O–H groups in total. The molecule has 0 aromatic carbocycles. The number of aromatic nitrogens is 2. The van der Waals surface area contributed by atoms with Crippen LogP contribution < -0.4 is 5.56 Å². The Labute approximate surface area is 150 Å². The van der Waals surface area contributed by atoms with Gasteiger partial charge < -0.3 is 14.0 Å². The predicted octanol–water partition coefficient (Wildman–Crippen LogP) is 2.53. The molecule has 1 fully saturated rings. The van der Waals surface area contributed by atoms with Crippen LogP contribution in [0.4, 0.5) is 0 Å². The van der Waals surface area contributed by atoms with Crippen molar-refractivity contribution in [2.24, 2.45) is 17.9 Å². The molecule has 2 heterocycles. The standard InChI is InChI=1S/C17H28N2O3.V/c1-10-13(15(20)18-11(2)19(10)7)14-17(5,6)16(3,4)12(22-14)9-21-8;/h12,14H,9H2,1-8H3;/t12-,14+;/m1./s1. The van der Waals surface area contributed by atoms with Crippen LogP contribution in [-0.2, 0) is 35.1 Å². The van der Waals surface area contributed by atoms with Gasteiger partial charge in [0.05, 0.1) is 24.4 Å². The fraction of sp³-hybridized carbons (Fsp3) is 0.765. The van der Waals surface area contributed by atoms with Crippen LogP contribution in [0, 0.1) is 24.7 Å². The molecule has 0 bridgehead atoms. The smallest absolute Gasteiger partial charge is 0.279 e. The maximum Gasteiger partial charge on any atom is 0.279 e. The Hall–Kier alpha value is -0.616. The Kier molecular flexibility index (Phi) is 5.96. The number of nitrogens with zero attached hydrogens (tertiary/aromatic N) is 2. The molecule has 6 heteroatoms. The maximum absolute atomic E-state index is 12.5. The molecule has 2 atom stereocenters. The minimum Gasteiger partial charge on any atom is -0.382 e. The molecule has 23 heavy (non-hydrogen) atoms. The summed E-state index contributed by atoms with van der Waals surface area (Å²) in [7, 11) is 3.61. The molecule has 129 valence electrons. The minimum atomic E-state index is -0.283. The molecule has 5 nitrogen and oxygen atoms in total. The molecular weight excluding hydrogens is 331 g/mol. The average molecular weight is 359 g/mol. The molecule has 1 radical (unpaired) electrons. The molecule has 2 rings (SSSR count). The quantitative estimate of drug-likeness (QED) is 0.832. The van der Waals surface area contributed by atoms with Crippen LogP contribution in [0.15, 0.2) is 4.79 Å². The van der Waals surface area contributed by atoms with Crippen molar-refractivity contribution in [1.29, 1.82) is 0 Å². The van der Waals surface area contributed by atoms with Crippen LogP contribution in [0.3, 0.4) is 0 Å². The molecule has 0 unspecified atom stereocenters. The Morgan fingerprint density at radius 1 is 1.22 bits per heavy atom. The topological polar surface area (TPSA) is 53.4 Å². The van der Waals surface area contributed by atoms with Crippen molar-refractivity contribution in [2.75, 3.05) is 13.7 Å². The van der Waals surface area contributed by atoms with Crippen LogP contribution in [-0.4, -0.2) is 29.4 Å². The van der Waals surface area contributed by atoms with Crippen molar-refractivity contribution in [3.63, 3.8) is 0 Å². The van der Waals surface area contributed by atoms with Crippen molar-refractivity contribution in [3.8, 4) is 0 Å². The van der Waals surface area contributed by atoms with Crippen molar-refractivity contribution in [3.05, 3.63) is 27.4 Å². The van der Waals surface area contributed by atoms with E-state index in [2.05, 4.69) is 32.7 Å². The van der Waals surface area contributed by atoms with E-state index in [9.17, 15) is 4.79 Å². The first-order valence-corrected chi connectivity index (χ1v) is 7.74. The fourth-order valence-corrected chi connectivity index (χ4v) is 3.25. The van der Waals surface area contributed by atoms with E-state index in [1.807, 2.05) is 25.5 Å². The third-order valence-corrected chi connectivity index (χ3v) is 5.87. The van der Waals surface area contributed by atoms with Gasteiger partial charge >= 0.3 is 0 Å². The molecule has 1 aromatic heterocycles. The Morgan fingerprint density at radius 3 is 2.30 bits per heavy atom. The molecule has 0 spiro atoms. The number of aryl methyl sites for hydroxylation is 1. The van der Waals surface area contributed by atoms with E-state index in [4.69, 9.17) is 9.47 Å². The van der Waals surface area contributed by atoms with E-state index < -0.39 is 0 Å². The van der Waals surface area contributed by atoms with Crippen LogP contribution in [0.5, 0.6) is 0 Å². The zero-order valence-electron chi connectivity index (χ0n) is 15.4. The van der Waals surface area contributed by atoms with Gasteiger partial charge in [-0.3, -0.25) is 4.79 Å². The van der Waals surface area contributed by atoms with Gasteiger partial charge in [0.25, 0.3) is 5.56 Å². The third-order valence-electron chi connectivity index (χ3n) is 5.87. The van der Waals surface area contributed by atoms with Gasteiger partial charge in [-0.25, -0.2) is 0 Å². The Bertz CT molecular complexity index is 637. The number of hydrogen-bond acceptors (Lipinski definition) is 4. The largest absolute Gasteiger partial charge is 0.382 e. The SMILES string of the molecule is COC[C@H]1O[C@@H](c2c(C)n(C)c(C)nc2=O)C(C)(C)C1(C)C.[V]. The molecule has 0 amide bonds. The first-order valence-electron chi connectivity index (χ1n) is 7.74. The van der Waals surface area contributed by atoms with Gasteiger partial charge in [-0.05, 0) is 13.8 Å². The molecule has 1 aliphatic heterocycles. The Morgan fingerprint density at radius 2 is 1.78 bits per heavy atom. The van der Waals surface area contributed by atoms with Crippen LogP contribution in [0.1, 0.15) is 50.9 Å². The van der Waals surface area contributed by atoms with E-state index >= 15 is 0 Å². The van der Waals surface area contributed by atoms with Gasteiger partial charge in [-0.15, -0.1) is 0 Å². The van der Waals surface area contributed by atoms with Crippen LogP contribution in [0.25, 0.3) is 0 Å².